The van der Waals surface area contributed by atoms with Gasteiger partial charge in [-0.3, -0.25) is 4.79 Å². The molecule has 1 aliphatic heterocycles. The zero-order valence-electron chi connectivity index (χ0n) is 5.39. The van der Waals surface area contributed by atoms with Crippen LogP contribution in [0.2, 0.25) is 0 Å². The fraction of sp³-hybridized carbons (Fsp3) is 0.667. The lowest BCUT2D eigenvalue weighted by molar-refractivity contribution is -0.120. The number of hydrogen-bond acceptors (Lipinski definition) is 2. The number of nitrogens with one attached hydrogen (secondary N) is 2. The summed E-state index contributed by atoms with van der Waals surface area (Å²) in [5, 5.41) is 5.99. The average Bonchev–Trinajstić information content (AvgIpc) is 2.61. The van der Waals surface area contributed by atoms with E-state index >= 15 is 0 Å². The van der Waals surface area contributed by atoms with Crippen LogP contribution in [0.15, 0.2) is 0 Å². The van der Waals surface area contributed by atoms with Crippen molar-refractivity contribution in [3.8, 4) is 0 Å². The van der Waals surface area contributed by atoms with Crippen LogP contribution in [0, 0.1) is 5.92 Å². The zero-order chi connectivity index (χ0) is 7.14. The van der Waals surface area contributed by atoms with Crippen molar-refractivity contribution in [3.63, 3.8) is 0 Å². The average molecular weight is 156 g/mol. The lowest BCUT2D eigenvalue weighted by Gasteiger charge is -2.02. The van der Waals surface area contributed by atoms with E-state index in [1.807, 2.05) is 0 Å². The molecule has 0 radical (unpaired) electrons. The van der Waals surface area contributed by atoms with Crippen LogP contribution in [-0.4, -0.2) is 17.1 Å². The number of rotatable bonds is 1. The van der Waals surface area contributed by atoms with Crippen LogP contribution in [0.25, 0.3) is 0 Å². The maximum atomic E-state index is 11.0. The SMILES string of the molecule is O=C1NC(=S)NC1C1CC1. The summed E-state index contributed by atoms with van der Waals surface area (Å²) in [6, 6.07) is -0.0208. The van der Waals surface area contributed by atoms with E-state index in [9.17, 15) is 4.79 Å². The number of amides is 1. The Hall–Kier alpha value is -0.640. The van der Waals surface area contributed by atoms with Crippen molar-refractivity contribution in [1.29, 1.82) is 0 Å². The molecule has 2 fully saturated rings. The van der Waals surface area contributed by atoms with E-state index in [0.29, 0.717) is 11.0 Å². The molecule has 0 spiro atoms. The van der Waals surface area contributed by atoms with Gasteiger partial charge in [0, 0.05) is 0 Å². The van der Waals surface area contributed by atoms with Gasteiger partial charge in [-0.05, 0) is 31.0 Å². The number of carbonyl (C=O) groups excluding carboxylic acids is 1. The van der Waals surface area contributed by atoms with E-state index in [2.05, 4.69) is 10.6 Å². The third-order valence-electron chi connectivity index (χ3n) is 1.90. The zero-order valence-corrected chi connectivity index (χ0v) is 6.20. The van der Waals surface area contributed by atoms with Crippen LogP contribution in [0.5, 0.6) is 0 Å². The molecule has 1 amide bonds. The standard InChI is InChI=1S/C6H8N2OS/c9-5-4(3-1-2-3)7-6(10)8-5/h3-4H,1-2H2,(H2,7,8,9,10). The van der Waals surface area contributed by atoms with Gasteiger partial charge in [0.15, 0.2) is 5.11 Å². The second-order valence-corrected chi connectivity index (χ2v) is 3.19. The van der Waals surface area contributed by atoms with Crippen molar-refractivity contribution in [2.75, 3.05) is 0 Å². The summed E-state index contributed by atoms with van der Waals surface area (Å²) in [5.74, 6) is 0.591. The highest BCUT2D eigenvalue weighted by atomic mass is 32.1. The molecule has 0 aromatic rings. The van der Waals surface area contributed by atoms with Gasteiger partial charge in [-0.2, -0.15) is 0 Å². The van der Waals surface area contributed by atoms with E-state index < -0.39 is 0 Å². The Balaban J connectivity index is 2.08. The molecule has 1 aliphatic carbocycles. The van der Waals surface area contributed by atoms with Gasteiger partial charge >= 0.3 is 0 Å². The summed E-state index contributed by atoms with van der Waals surface area (Å²) in [4.78, 5) is 11.0. The maximum Gasteiger partial charge on any atom is 0.248 e. The summed E-state index contributed by atoms with van der Waals surface area (Å²) < 4.78 is 0. The van der Waals surface area contributed by atoms with E-state index in [1.165, 1.54) is 0 Å². The normalized spacial score (nSPS) is 31.8. The van der Waals surface area contributed by atoms with Crippen LogP contribution in [0.1, 0.15) is 12.8 Å². The molecular formula is C6H8N2OS. The third kappa shape index (κ3) is 0.883. The summed E-state index contributed by atoms with van der Waals surface area (Å²) >= 11 is 4.78. The molecule has 2 aliphatic rings. The van der Waals surface area contributed by atoms with Crippen molar-refractivity contribution in [3.05, 3.63) is 0 Å². The van der Waals surface area contributed by atoms with E-state index in [0.717, 1.165) is 12.8 Å². The van der Waals surface area contributed by atoms with Gasteiger partial charge < -0.3 is 10.6 Å². The van der Waals surface area contributed by atoms with Gasteiger partial charge in [-0.1, -0.05) is 0 Å². The Morgan fingerprint density at radius 2 is 2.20 bits per heavy atom. The first-order valence-corrected chi connectivity index (χ1v) is 3.79. The van der Waals surface area contributed by atoms with Gasteiger partial charge in [0.2, 0.25) is 5.91 Å². The summed E-state index contributed by atoms with van der Waals surface area (Å²) in [5.41, 5.74) is 0. The molecule has 1 heterocycles. The summed E-state index contributed by atoms with van der Waals surface area (Å²) in [6.07, 6.45) is 2.32. The minimum Gasteiger partial charge on any atom is -0.350 e. The van der Waals surface area contributed by atoms with Crippen LogP contribution >= 0.6 is 12.2 Å². The Morgan fingerprint density at radius 3 is 2.60 bits per heavy atom. The highest BCUT2D eigenvalue weighted by molar-refractivity contribution is 7.80. The lowest BCUT2D eigenvalue weighted by atomic mass is 10.2. The van der Waals surface area contributed by atoms with Gasteiger partial charge in [-0.25, -0.2) is 0 Å². The number of hydrogen-bond donors (Lipinski definition) is 2. The van der Waals surface area contributed by atoms with Crippen molar-refractivity contribution < 1.29 is 4.79 Å². The van der Waals surface area contributed by atoms with Crippen LogP contribution in [0.3, 0.4) is 0 Å². The smallest absolute Gasteiger partial charge is 0.248 e. The molecule has 54 valence electrons. The molecule has 0 aromatic heterocycles. The molecule has 2 rings (SSSR count). The topological polar surface area (TPSA) is 41.1 Å². The van der Waals surface area contributed by atoms with Gasteiger partial charge in [0.1, 0.15) is 6.04 Å². The Bertz CT molecular complexity index is 200. The van der Waals surface area contributed by atoms with Crippen molar-refractivity contribution in [2.45, 2.75) is 18.9 Å². The minimum atomic E-state index is -0.0208. The first-order valence-electron chi connectivity index (χ1n) is 3.39. The van der Waals surface area contributed by atoms with Gasteiger partial charge in [-0.15, -0.1) is 0 Å². The van der Waals surface area contributed by atoms with Crippen molar-refractivity contribution >= 4 is 23.2 Å². The van der Waals surface area contributed by atoms with E-state index in [-0.39, 0.29) is 11.9 Å². The van der Waals surface area contributed by atoms with Gasteiger partial charge in [0.25, 0.3) is 0 Å². The van der Waals surface area contributed by atoms with Crippen LogP contribution < -0.4 is 10.6 Å². The van der Waals surface area contributed by atoms with E-state index in [4.69, 9.17) is 12.2 Å². The van der Waals surface area contributed by atoms with Crippen molar-refractivity contribution in [1.82, 2.24) is 10.6 Å². The largest absolute Gasteiger partial charge is 0.350 e. The minimum absolute atomic E-state index is 0.0208. The molecule has 3 nitrogen and oxygen atoms in total. The number of carbonyl (C=O) groups is 1. The molecule has 0 bridgehead atoms. The monoisotopic (exact) mass is 156 g/mol. The predicted octanol–water partition coefficient (Wildman–Crippen LogP) is -0.231. The summed E-state index contributed by atoms with van der Waals surface area (Å²) in [6.45, 7) is 0. The second kappa shape index (κ2) is 1.92. The first kappa shape index (κ1) is 6.09. The third-order valence-corrected chi connectivity index (χ3v) is 2.12. The first-order chi connectivity index (χ1) is 4.77. The van der Waals surface area contributed by atoms with Crippen molar-refractivity contribution in [2.24, 2.45) is 5.92 Å². The molecule has 10 heavy (non-hydrogen) atoms. The van der Waals surface area contributed by atoms with Crippen LogP contribution in [-0.2, 0) is 4.79 Å². The van der Waals surface area contributed by atoms with E-state index in [1.54, 1.807) is 0 Å². The molecule has 4 heteroatoms. The van der Waals surface area contributed by atoms with Crippen LogP contribution in [0.4, 0.5) is 0 Å². The molecule has 1 unspecified atom stereocenters. The Labute approximate surface area is 64.2 Å². The highest BCUT2D eigenvalue weighted by Gasteiger charge is 2.40. The molecule has 1 saturated heterocycles. The van der Waals surface area contributed by atoms with Gasteiger partial charge in [0.05, 0.1) is 0 Å². The highest BCUT2D eigenvalue weighted by Crippen LogP contribution is 2.33. The molecular weight excluding hydrogens is 148 g/mol. The lowest BCUT2D eigenvalue weighted by Crippen LogP contribution is -2.30. The molecule has 2 N–H and O–H groups in total. The fourth-order valence-corrected chi connectivity index (χ4v) is 1.42. The number of thiocarbonyl (C=S) groups is 1. The quantitative estimate of drug-likeness (QED) is 0.515. The Kier molecular flexibility index (Phi) is 1.17. The predicted molar refractivity (Wildman–Crippen MR) is 40.4 cm³/mol. The second-order valence-electron chi connectivity index (χ2n) is 2.78. The molecule has 0 aromatic carbocycles. The summed E-state index contributed by atoms with van der Waals surface area (Å²) in [7, 11) is 0. The fourth-order valence-electron chi connectivity index (χ4n) is 1.19. The Morgan fingerprint density at radius 1 is 1.50 bits per heavy atom. The molecule has 1 saturated carbocycles. The molecule has 1 atom stereocenters. The maximum absolute atomic E-state index is 11.0.